The molecule has 0 radical (unpaired) electrons. The highest BCUT2D eigenvalue weighted by Crippen LogP contribution is 2.01. The summed E-state index contributed by atoms with van der Waals surface area (Å²) in [6.45, 7) is 3.32. The van der Waals surface area contributed by atoms with Crippen LogP contribution in [0.25, 0.3) is 0 Å². The van der Waals surface area contributed by atoms with Gasteiger partial charge in [0.15, 0.2) is 6.04 Å². The van der Waals surface area contributed by atoms with E-state index in [2.05, 4.69) is 10.6 Å². The molecule has 19 heavy (non-hydrogen) atoms. The molecule has 0 aliphatic carbocycles. The van der Waals surface area contributed by atoms with Gasteiger partial charge in [0.2, 0.25) is 11.8 Å². The molecule has 0 spiro atoms. The summed E-state index contributed by atoms with van der Waals surface area (Å²) in [7, 11) is 0. The van der Waals surface area contributed by atoms with Crippen LogP contribution in [-0.4, -0.2) is 46.7 Å². The molecule has 0 fully saturated rings. The van der Waals surface area contributed by atoms with Crippen molar-refractivity contribution in [1.29, 1.82) is 0 Å². The zero-order chi connectivity index (χ0) is 14.8. The monoisotopic (exact) mass is 274 g/mol. The Balaban J connectivity index is 3.74. The van der Waals surface area contributed by atoms with Crippen LogP contribution in [0.1, 0.15) is 39.5 Å². The van der Waals surface area contributed by atoms with Crippen LogP contribution in [0.3, 0.4) is 0 Å². The van der Waals surface area contributed by atoms with E-state index < -0.39 is 24.0 Å². The fourth-order valence-electron chi connectivity index (χ4n) is 1.49. The highest BCUT2D eigenvalue weighted by molar-refractivity contribution is 5.83. The zero-order valence-corrected chi connectivity index (χ0v) is 11.3. The van der Waals surface area contributed by atoms with E-state index in [-0.39, 0.29) is 12.3 Å². The number of hydrogen-bond donors (Lipinski definition) is 4. The van der Waals surface area contributed by atoms with Gasteiger partial charge in [0.05, 0.1) is 6.10 Å². The Morgan fingerprint density at radius 2 is 1.79 bits per heavy atom. The Hall–Kier alpha value is -1.63. The summed E-state index contributed by atoms with van der Waals surface area (Å²) < 4.78 is 0. The second-order valence-corrected chi connectivity index (χ2v) is 4.42. The number of carboxylic acids is 1. The van der Waals surface area contributed by atoms with Gasteiger partial charge in [0.1, 0.15) is 0 Å². The molecule has 0 bridgehead atoms. The maximum atomic E-state index is 11.4. The van der Waals surface area contributed by atoms with Gasteiger partial charge in [0, 0.05) is 19.9 Å². The van der Waals surface area contributed by atoms with Crippen molar-refractivity contribution in [3.05, 3.63) is 0 Å². The van der Waals surface area contributed by atoms with E-state index in [4.69, 9.17) is 5.11 Å². The van der Waals surface area contributed by atoms with Crippen molar-refractivity contribution in [2.24, 2.45) is 0 Å². The Morgan fingerprint density at radius 3 is 2.26 bits per heavy atom. The summed E-state index contributed by atoms with van der Waals surface area (Å²) in [4.78, 5) is 32.8. The number of aliphatic carboxylic acids is 1. The minimum absolute atomic E-state index is 0.0843. The molecule has 2 amide bonds. The summed E-state index contributed by atoms with van der Waals surface area (Å²) >= 11 is 0. The predicted molar refractivity (Wildman–Crippen MR) is 68.4 cm³/mol. The lowest BCUT2D eigenvalue weighted by Crippen LogP contribution is -2.47. The minimum atomic E-state index is -1.27. The van der Waals surface area contributed by atoms with Crippen LogP contribution in [0.4, 0.5) is 0 Å². The van der Waals surface area contributed by atoms with Crippen LogP contribution >= 0.6 is 0 Å². The third-order valence-corrected chi connectivity index (χ3v) is 2.52. The van der Waals surface area contributed by atoms with Gasteiger partial charge in [-0.05, 0) is 19.8 Å². The molecule has 0 heterocycles. The van der Waals surface area contributed by atoms with Gasteiger partial charge in [-0.25, -0.2) is 4.79 Å². The summed E-state index contributed by atoms with van der Waals surface area (Å²) in [6.07, 6.45) is 1.21. The number of amides is 2. The topological polar surface area (TPSA) is 116 Å². The van der Waals surface area contributed by atoms with Gasteiger partial charge >= 0.3 is 5.97 Å². The van der Waals surface area contributed by atoms with Crippen LogP contribution in [0.5, 0.6) is 0 Å². The van der Waals surface area contributed by atoms with Crippen molar-refractivity contribution in [2.45, 2.75) is 51.7 Å². The van der Waals surface area contributed by atoms with Gasteiger partial charge in [-0.2, -0.15) is 0 Å². The summed E-state index contributed by atoms with van der Waals surface area (Å²) in [5.41, 5.74) is 0. The highest BCUT2D eigenvalue weighted by Gasteiger charge is 2.24. The Labute approximate surface area is 112 Å². The quantitative estimate of drug-likeness (QED) is 0.428. The summed E-state index contributed by atoms with van der Waals surface area (Å²) in [6, 6.07) is -1.27. The van der Waals surface area contributed by atoms with E-state index in [0.29, 0.717) is 13.0 Å². The maximum absolute atomic E-state index is 11.4. The number of carboxylic acid groups (broad SMARTS) is 1. The molecule has 0 aliphatic heterocycles. The first-order chi connectivity index (χ1) is 8.84. The number of carbonyl (C=O) groups is 3. The van der Waals surface area contributed by atoms with E-state index in [1.807, 2.05) is 0 Å². The van der Waals surface area contributed by atoms with Crippen LogP contribution in [0, 0.1) is 0 Å². The number of unbranched alkanes of at least 4 members (excludes halogenated alkanes) is 2. The third-order valence-electron chi connectivity index (χ3n) is 2.52. The van der Waals surface area contributed by atoms with Gasteiger partial charge in [0.25, 0.3) is 0 Å². The van der Waals surface area contributed by atoms with E-state index >= 15 is 0 Å². The maximum Gasteiger partial charge on any atom is 0.328 e. The first-order valence-corrected chi connectivity index (χ1v) is 6.29. The Morgan fingerprint density at radius 1 is 1.16 bits per heavy atom. The molecule has 2 atom stereocenters. The zero-order valence-electron chi connectivity index (χ0n) is 11.3. The molecule has 0 saturated carbocycles. The molecule has 7 heteroatoms. The number of nitrogens with one attached hydrogen (secondary N) is 2. The van der Waals surface area contributed by atoms with E-state index in [9.17, 15) is 19.5 Å². The normalized spacial score (nSPS) is 13.4. The molecule has 0 aromatic carbocycles. The summed E-state index contributed by atoms with van der Waals surface area (Å²) in [5, 5.41) is 22.9. The highest BCUT2D eigenvalue weighted by atomic mass is 16.4. The second kappa shape index (κ2) is 9.32. The van der Waals surface area contributed by atoms with Crippen molar-refractivity contribution in [3.63, 3.8) is 0 Å². The van der Waals surface area contributed by atoms with E-state index in [1.165, 1.54) is 13.8 Å². The van der Waals surface area contributed by atoms with Crippen LogP contribution in [0.15, 0.2) is 0 Å². The molecule has 0 aromatic heterocycles. The number of aliphatic hydroxyl groups excluding tert-OH is 1. The lowest BCUT2D eigenvalue weighted by molar-refractivity contribution is -0.144. The lowest BCUT2D eigenvalue weighted by Gasteiger charge is -2.16. The second-order valence-electron chi connectivity index (χ2n) is 4.42. The van der Waals surface area contributed by atoms with Gasteiger partial charge in [-0.1, -0.05) is 6.42 Å². The standard InChI is InChI=1S/C12H22N2O5/c1-8(15)11(12(18)19)14-10(17)6-4-3-5-7-13-9(2)16/h8,11,15H,3-7H2,1-2H3,(H,13,16)(H,14,17)(H,18,19). The van der Waals surface area contributed by atoms with Crippen LogP contribution in [0.2, 0.25) is 0 Å². The number of carbonyl (C=O) groups excluding carboxylic acids is 2. The van der Waals surface area contributed by atoms with Gasteiger partial charge < -0.3 is 20.8 Å². The van der Waals surface area contributed by atoms with Crippen molar-refractivity contribution in [2.75, 3.05) is 6.54 Å². The van der Waals surface area contributed by atoms with Crippen molar-refractivity contribution >= 4 is 17.8 Å². The first kappa shape index (κ1) is 17.4. The smallest absolute Gasteiger partial charge is 0.328 e. The first-order valence-electron chi connectivity index (χ1n) is 6.29. The average molecular weight is 274 g/mol. The van der Waals surface area contributed by atoms with Crippen LogP contribution in [-0.2, 0) is 14.4 Å². The molecular formula is C12H22N2O5. The summed E-state index contributed by atoms with van der Waals surface area (Å²) in [5.74, 6) is -1.74. The largest absolute Gasteiger partial charge is 0.480 e. The molecule has 0 rings (SSSR count). The third kappa shape index (κ3) is 9.01. The SMILES string of the molecule is CC(=O)NCCCCCC(=O)NC(C(=O)O)C(C)O. The van der Waals surface area contributed by atoms with Crippen molar-refractivity contribution in [3.8, 4) is 0 Å². The van der Waals surface area contributed by atoms with E-state index in [0.717, 1.165) is 12.8 Å². The minimum Gasteiger partial charge on any atom is -0.480 e. The lowest BCUT2D eigenvalue weighted by atomic mass is 10.1. The molecule has 0 aliphatic rings. The molecule has 2 unspecified atom stereocenters. The molecule has 7 nitrogen and oxygen atoms in total. The molecule has 110 valence electrons. The van der Waals surface area contributed by atoms with Crippen LogP contribution < -0.4 is 10.6 Å². The molecule has 4 N–H and O–H groups in total. The molecule has 0 saturated heterocycles. The number of aliphatic hydroxyl groups is 1. The predicted octanol–water partition coefficient (Wildman–Crippen LogP) is -0.367. The molecular weight excluding hydrogens is 252 g/mol. The van der Waals surface area contributed by atoms with Crippen molar-refractivity contribution in [1.82, 2.24) is 10.6 Å². The Kier molecular flexibility index (Phi) is 8.52. The fraction of sp³-hybridized carbons (Fsp3) is 0.750. The average Bonchev–Trinajstić information content (AvgIpc) is 2.29. The fourth-order valence-corrected chi connectivity index (χ4v) is 1.49. The van der Waals surface area contributed by atoms with E-state index in [1.54, 1.807) is 0 Å². The Bertz CT molecular complexity index is 317. The number of hydrogen-bond acceptors (Lipinski definition) is 4. The van der Waals surface area contributed by atoms with Gasteiger partial charge in [-0.15, -0.1) is 0 Å². The number of rotatable bonds is 9. The van der Waals surface area contributed by atoms with Gasteiger partial charge in [-0.3, -0.25) is 9.59 Å². The van der Waals surface area contributed by atoms with Crippen molar-refractivity contribution < 1.29 is 24.6 Å². The molecule has 0 aromatic rings.